The third-order valence-electron chi connectivity index (χ3n) is 3.98. The molecule has 1 aromatic carbocycles. The van der Waals surface area contributed by atoms with Crippen LogP contribution in [0.5, 0.6) is 0 Å². The highest BCUT2D eigenvalue weighted by molar-refractivity contribution is 5.91. The predicted octanol–water partition coefficient (Wildman–Crippen LogP) is -0.422. The van der Waals surface area contributed by atoms with Crippen molar-refractivity contribution in [2.24, 2.45) is 0 Å². The van der Waals surface area contributed by atoms with Crippen molar-refractivity contribution in [3.05, 3.63) is 41.5 Å². The molecule has 1 fully saturated rings. The number of ether oxygens (including phenoxy) is 2. The summed E-state index contributed by atoms with van der Waals surface area (Å²) in [4.78, 5) is 11.9. The minimum atomic E-state index is -1.41. The smallest absolute Gasteiger partial charge is 0.244 e. The van der Waals surface area contributed by atoms with Crippen LogP contribution in [0.1, 0.15) is 11.1 Å². The van der Waals surface area contributed by atoms with Gasteiger partial charge in [-0.2, -0.15) is 0 Å². The van der Waals surface area contributed by atoms with Gasteiger partial charge in [0.2, 0.25) is 5.91 Å². The second-order valence-electron chi connectivity index (χ2n) is 5.69. The van der Waals surface area contributed by atoms with E-state index in [1.165, 1.54) is 13.2 Å². The Hall–Kier alpha value is -1.77. The lowest BCUT2D eigenvalue weighted by atomic mass is 9.99. The second-order valence-corrected chi connectivity index (χ2v) is 5.69. The minimum absolute atomic E-state index is 0.0260. The van der Waals surface area contributed by atoms with E-state index in [2.05, 4.69) is 5.32 Å². The van der Waals surface area contributed by atoms with Crippen LogP contribution in [0, 0.1) is 6.92 Å². The summed E-state index contributed by atoms with van der Waals surface area (Å²) in [6, 6.07) is 7.64. The fraction of sp³-hybridized carbons (Fsp3) is 0.471. The third-order valence-corrected chi connectivity index (χ3v) is 3.98. The maximum absolute atomic E-state index is 11.9. The summed E-state index contributed by atoms with van der Waals surface area (Å²) in [6.45, 7) is 1.92. The third kappa shape index (κ3) is 4.40. The van der Waals surface area contributed by atoms with Crippen LogP contribution < -0.4 is 5.32 Å². The molecule has 7 heteroatoms. The van der Waals surface area contributed by atoms with E-state index in [9.17, 15) is 20.1 Å². The number of carbonyl (C=O) groups is 1. The summed E-state index contributed by atoms with van der Waals surface area (Å²) in [7, 11) is 1.32. The fourth-order valence-corrected chi connectivity index (χ4v) is 2.48. The lowest BCUT2D eigenvalue weighted by Gasteiger charge is -2.39. The van der Waals surface area contributed by atoms with Crippen molar-refractivity contribution in [3.63, 3.8) is 0 Å². The van der Waals surface area contributed by atoms with Gasteiger partial charge >= 0.3 is 0 Å². The highest BCUT2D eigenvalue weighted by Gasteiger charge is 2.43. The Balaban J connectivity index is 1.90. The molecule has 2 rings (SSSR count). The number of aliphatic hydroxyl groups is 3. The molecule has 1 aromatic rings. The second kappa shape index (κ2) is 8.36. The first-order valence-corrected chi connectivity index (χ1v) is 7.68. The van der Waals surface area contributed by atoms with E-state index in [0.29, 0.717) is 0 Å². The van der Waals surface area contributed by atoms with Gasteiger partial charge in [0.1, 0.15) is 24.4 Å². The van der Waals surface area contributed by atoms with Gasteiger partial charge in [0.25, 0.3) is 0 Å². The summed E-state index contributed by atoms with van der Waals surface area (Å²) >= 11 is 0. The molecule has 0 spiro atoms. The van der Waals surface area contributed by atoms with Crippen LogP contribution in [0.4, 0.5) is 0 Å². The number of benzene rings is 1. The average molecular weight is 337 g/mol. The number of aryl methyl sites for hydroxylation is 1. The van der Waals surface area contributed by atoms with Gasteiger partial charge < -0.3 is 30.1 Å². The van der Waals surface area contributed by atoms with Crippen LogP contribution in [0.15, 0.2) is 30.3 Å². The van der Waals surface area contributed by atoms with Crippen LogP contribution in [-0.4, -0.2) is 65.6 Å². The van der Waals surface area contributed by atoms with Crippen LogP contribution in [0.3, 0.4) is 0 Å². The maximum atomic E-state index is 11.9. The van der Waals surface area contributed by atoms with Gasteiger partial charge in [0.15, 0.2) is 6.29 Å². The Kier molecular flexibility index (Phi) is 6.47. The molecule has 0 aliphatic carbocycles. The molecule has 1 aliphatic rings. The number of aliphatic hydroxyl groups excluding tert-OH is 3. The van der Waals surface area contributed by atoms with Crippen LogP contribution in [-0.2, 0) is 14.3 Å². The average Bonchev–Trinajstić information content (AvgIpc) is 2.58. The molecule has 5 atom stereocenters. The number of methoxy groups -OCH3 is 1. The van der Waals surface area contributed by atoms with Crippen LogP contribution in [0.25, 0.3) is 6.08 Å². The Bertz CT molecular complexity index is 588. The molecule has 1 heterocycles. The lowest BCUT2D eigenvalue weighted by Crippen LogP contribution is -2.60. The van der Waals surface area contributed by atoms with Crippen molar-refractivity contribution in [2.45, 2.75) is 37.6 Å². The van der Waals surface area contributed by atoms with E-state index in [4.69, 9.17) is 9.47 Å². The topological polar surface area (TPSA) is 108 Å². The summed E-state index contributed by atoms with van der Waals surface area (Å²) in [5.41, 5.74) is 1.98. The van der Waals surface area contributed by atoms with E-state index < -0.39 is 30.7 Å². The highest BCUT2D eigenvalue weighted by Crippen LogP contribution is 2.21. The van der Waals surface area contributed by atoms with Gasteiger partial charge in [-0.25, -0.2) is 0 Å². The first-order chi connectivity index (χ1) is 11.4. The molecule has 0 saturated carbocycles. The summed E-state index contributed by atoms with van der Waals surface area (Å²) < 4.78 is 10.2. The standard InChI is InChI=1S/C17H23NO6/c1-10-5-3-4-6-11(10)7-8-13(19)18-9-12-14(20)15(21)16(22)17(23-2)24-12/h3-8,12,14-17,20-22H,9H2,1-2H3,(H,18,19)/t12-,14-,15+,16+,17+/m1/s1. The van der Waals surface area contributed by atoms with Crippen LogP contribution >= 0.6 is 0 Å². The lowest BCUT2D eigenvalue weighted by molar-refractivity contribution is -0.288. The molecular weight excluding hydrogens is 314 g/mol. The molecule has 1 amide bonds. The van der Waals surface area contributed by atoms with Gasteiger partial charge in [-0.05, 0) is 24.1 Å². The molecule has 7 nitrogen and oxygen atoms in total. The Morgan fingerprint density at radius 2 is 1.96 bits per heavy atom. The van der Waals surface area contributed by atoms with E-state index in [1.807, 2.05) is 31.2 Å². The van der Waals surface area contributed by atoms with E-state index in [0.717, 1.165) is 11.1 Å². The molecule has 4 N–H and O–H groups in total. The van der Waals surface area contributed by atoms with Gasteiger partial charge in [0, 0.05) is 19.7 Å². The van der Waals surface area contributed by atoms with Crippen molar-refractivity contribution >= 4 is 12.0 Å². The van der Waals surface area contributed by atoms with E-state index in [-0.39, 0.29) is 12.5 Å². The number of rotatable bonds is 5. The summed E-state index contributed by atoms with van der Waals surface area (Å²) in [6.07, 6.45) is -2.95. The quantitative estimate of drug-likeness (QED) is 0.544. The zero-order valence-electron chi connectivity index (χ0n) is 13.6. The molecule has 1 aliphatic heterocycles. The van der Waals surface area contributed by atoms with Crippen molar-refractivity contribution < 1.29 is 29.6 Å². The van der Waals surface area contributed by atoms with Gasteiger partial charge in [0.05, 0.1) is 0 Å². The molecule has 0 unspecified atom stereocenters. The normalized spacial score (nSPS) is 30.5. The molecule has 132 valence electrons. The maximum Gasteiger partial charge on any atom is 0.244 e. The number of hydrogen-bond donors (Lipinski definition) is 4. The fourth-order valence-electron chi connectivity index (χ4n) is 2.48. The molecule has 0 bridgehead atoms. The van der Waals surface area contributed by atoms with Gasteiger partial charge in [-0.1, -0.05) is 24.3 Å². The molecule has 0 aromatic heterocycles. The SMILES string of the molecule is CO[C@H]1O[C@H](CNC(=O)C=Cc2ccccc2C)[C@@H](O)[C@H](O)[C@@H]1O. The summed E-state index contributed by atoms with van der Waals surface area (Å²) in [5.74, 6) is -0.358. The Morgan fingerprint density at radius 1 is 1.25 bits per heavy atom. The number of nitrogens with one attached hydrogen (secondary N) is 1. The minimum Gasteiger partial charge on any atom is -0.388 e. The van der Waals surface area contributed by atoms with Gasteiger partial charge in [-0.3, -0.25) is 4.79 Å². The van der Waals surface area contributed by atoms with E-state index in [1.54, 1.807) is 6.08 Å². The molecule has 0 radical (unpaired) electrons. The predicted molar refractivity (Wildman–Crippen MR) is 86.9 cm³/mol. The molecular formula is C17H23NO6. The number of amides is 1. The van der Waals surface area contributed by atoms with Crippen LogP contribution in [0.2, 0.25) is 0 Å². The Morgan fingerprint density at radius 3 is 2.62 bits per heavy atom. The molecule has 1 saturated heterocycles. The zero-order valence-corrected chi connectivity index (χ0v) is 13.6. The summed E-state index contributed by atoms with van der Waals surface area (Å²) in [5, 5.41) is 32.0. The van der Waals surface area contributed by atoms with E-state index >= 15 is 0 Å². The zero-order chi connectivity index (χ0) is 17.7. The largest absolute Gasteiger partial charge is 0.388 e. The van der Waals surface area contributed by atoms with Crippen molar-refractivity contribution in [2.75, 3.05) is 13.7 Å². The number of hydrogen-bond acceptors (Lipinski definition) is 6. The van der Waals surface area contributed by atoms with Crippen molar-refractivity contribution in [1.29, 1.82) is 0 Å². The number of carbonyl (C=O) groups excluding carboxylic acids is 1. The van der Waals surface area contributed by atoms with Gasteiger partial charge in [-0.15, -0.1) is 0 Å². The van der Waals surface area contributed by atoms with Crippen molar-refractivity contribution in [3.8, 4) is 0 Å². The van der Waals surface area contributed by atoms with Crippen molar-refractivity contribution in [1.82, 2.24) is 5.32 Å². The molecule has 24 heavy (non-hydrogen) atoms. The first-order valence-electron chi connectivity index (χ1n) is 7.68. The highest BCUT2D eigenvalue weighted by atomic mass is 16.7. The Labute approximate surface area is 140 Å². The first kappa shape index (κ1) is 18.6. The monoisotopic (exact) mass is 337 g/mol.